The normalized spacial score (nSPS) is 19.0. The Labute approximate surface area is 57.3 Å². The van der Waals surface area contributed by atoms with Gasteiger partial charge in [-0.25, -0.2) is 0 Å². The topological polar surface area (TPSA) is 0 Å². The van der Waals surface area contributed by atoms with Crippen molar-refractivity contribution >= 4 is 0 Å². The minimum absolute atomic E-state index is 1.11. The van der Waals surface area contributed by atoms with E-state index < -0.39 is 0 Å². The fourth-order valence-corrected chi connectivity index (χ4v) is 1.04. The zero-order chi connectivity index (χ0) is 6.53. The van der Waals surface area contributed by atoms with E-state index >= 15 is 0 Å². The van der Waals surface area contributed by atoms with Crippen LogP contribution in [0, 0.1) is 6.08 Å². The van der Waals surface area contributed by atoms with Crippen LogP contribution in [0.1, 0.15) is 32.6 Å². The predicted molar refractivity (Wildman–Crippen MR) is 40.0 cm³/mol. The third kappa shape index (κ3) is 2.05. The molecule has 0 heteroatoms. The highest BCUT2D eigenvalue weighted by atomic mass is 14.0. The smallest absolute Gasteiger partial charge is 0.0196 e. The average Bonchev–Trinajstić information content (AvgIpc) is 2.34. The van der Waals surface area contributed by atoms with E-state index in [1.807, 2.05) is 0 Å². The van der Waals surface area contributed by atoms with Gasteiger partial charge in [-0.15, -0.1) is 0 Å². The second-order valence-corrected chi connectivity index (χ2v) is 2.38. The predicted octanol–water partition coefficient (Wildman–Crippen LogP) is 2.87. The van der Waals surface area contributed by atoms with Crippen molar-refractivity contribution in [2.75, 3.05) is 0 Å². The summed E-state index contributed by atoms with van der Waals surface area (Å²) < 4.78 is 0. The highest BCUT2D eigenvalue weighted by Crippen LogP contribution is 2.17. The van der Waals surface area contributed by atoms with Crippen LogP contribution < -0.4 is 0 Å². The highest BCUT2D eigenvalue weighted by Gasteiger charge is 1.98. The first-order valence-corrected chi connectivity index (χ1v) is 3.70. The van der Waals surface area contributed by atoms with Crippen LogP contribution in [-0.2, 0) is 0 Å². The van der Waals surface area contributed by atoms with Crippen molar-refractivity contribution in [1.82, 2.24) is 0 Å². The second kappa shape index (κ2) is 3.49. The van der Waals surface area contributed by atoms with E-state index in [0.29, 0.717) is 0 Å². The van der Waals surface area contributed by atoms with Gasteiger partial charge in [-0.2, -0.15) is 0 Å². The van der Waals surface area contributed by atoms with Crippen molar-refractivity contribution in [3.05, 3.63) is 23.8 Å². The van der Waals surface area contributed by atoms with E-state index in [4.69, 9.17) is 0 Å². The van der Waals surface area contributed by atoms with Gasteiger partial charge in [0.05, 0.1) is 0 Å². The summed E-state index contributed by atoms with van der Waals surface area (Å²) in [6.07, 6.45) is 12.6. The van der Waals surface area contributed by atoms with Crippen molar-refractivity contribution in [2.45, 2.75) is 32.6 Å². The molecule has 9 heavy (non-hydrogen) atoms. The summed E-state index contributed by atoms with van der Waals surface area (Å²) in [6, 6.07) is 0. The van der Waals surface area contributed by atoms with E-state index in [1.54, 1.807) is 0 Å². The van der Waals surface area contributed by atoms with Crippen LogP contribution in [0.4, 0.5) is 0 Å². The van der Waals surface area contributed by atoms with Gasteiger partial charge in [0.1, 0.15) is 0 Å². The molecule has 0 saturated heterocycles. The van der Waals surface area contributed by atoms with Crippen LogP contribution in [0.3, 0.4) is 0 Å². The van der Waals surface area contributed by atoms with Crippen LogP contribution in [0.25, 0.3) is 0 Å². The molecule has 0 saturated carbocycles. The maximum absolute atomic E-state index is 3.27. The molecule has 0 N–H and O–H groups in total. The molecule has 0 aromatic heterocycles. The molecule has 1 radical (unpaired) electrons. The van der Waals surface area contributed by atoms with Gasteiger partial charge in [-0.1, -0.05) is 19.1 Å². The first-order valence-electron chi connectivity index (χ1n) is 3.70. The Kier molecular flexibility index (Phi) is 2.56. The van der Waals surface area contributed by atoms with Gasteiger partial charge >= 0.3 is 0 Å². The van der Waals surface area contributed by atoms with Crippen molar-refractivity contribution in [2.24, 2.45) is 0 Å². The monoisotopic (exact) mass is 121 g/mol. The lowest BCUT2D eigenvalue weighted by molar-refractivity contribution is 0.913. The van der Waals surface area contributed by atoms with E-state index in [9.17, 15) is 0 Å². The molecule has 0 aromatic carbocycles. The number of rotatable bonds is 2. The summed E-state index contributed by atoms with van der Waals surface area (Å²) in [5, 5.41) is 0. The molecule has 49 valence electrons. The lowest BCUT2D eigenvalue weighted by atomic mass is 10.2. The first kappa shape index (κ1) is 6.60. The van der Waals surface area contributed by atoms with Gasteiger partial charge in [0.2, 0.25) is 0 Å². The number of allylic oxidation sites excluding steroid dienone is 4. The minimum Gasteiger partial charge on any atom is -0.0807 e. The Morgan fingerprint density at radius 3 is 3.22 bits per heavy atom. The Morgan fingerprint density at radius 2 is 2.67 bits per heavy atom. The van der Waals surface area contributed by atoms with E-state index in [1.165, 1.54) is 24.8 Å². The van der Waals surface area contributed by atoms with Crippen molar-refractivity contribution in [1.29, 1.82) is 0 Å². The Morgan fingerprint density at radius 1 is 1.78 bits per heavy atom. The standard InChI is InChI=1S/C9H13/c1-2-3-6-9-7-4-5-8-9/h3,7H,2,4-5,8H2,1H3. The largest absolute Gasteiger partial charge is 0.0807 e. The number of hydrogen-bond donors (Lipinski definition) is 0. The summed E-state index contributed by atoms with van der Waals surface area (Å²) >= 11 is 0. The molecule has 0 atom stereocenters. The molecule has 0 unspecified atom stereocenters. The van der Waals surface area contributed by atoms with Crippen LogP contribution in [0.15, 0.2) is 17.7 Å². The maximum atomic E-state index is 3.27. The van der Waals surface area contributed by atoms with Crippen LogP contribution in [-0.4, -0.2) is 0 Å². The van der Waals surface area contributed by atoms with Gasteiger partial charge in [0, 0.05) is 0 Å². The highest BCUT2D eigenvalue weighted by molar-refractivity contribution is 5.16. The Balaban J connectivity index is 2.34. The van der Waals surface area contributed by atoms with Gasteiger partial charge in [-0.05, 0) is 37.3 Å². The molecule has 0 spiro atoms. The molecule has 0 aromatic rings. The van der Waals surface area contributed by atoms with E-state index in [2.05, 4.69) is 25.2 Å². The molecule has 1 aliphatic carbocycles. The molecule has 1 rings (SSSR count). The maximum Gasteiger partial charge on any atom is -0.0196 e. The van der Waals surface area contributed by atoms with Crippen molar-refractivity contribution < 1.29 is 0 Å². The van der Waals surface area contributed by atoms with Crippen LogP contribution >= 0.6 is 0 Å². The third-order valence-corrected chi connectivity index (χ3v) is 1.53. The molecular weight excluding hydrogens is 108 g/mol. The molecule has 0 bridgehead atoms. The van der Waals surface area contributed by atoms with Crippen LogP contribution in [0.5, 0.6) is 0 Å². The zero-order valence-corrected chi connectivity index (χ0v) is 5.98. The zero-order valence-electron chi connectivity index (χ0n) is 5.98. The summed E-state index contributed by atoms with van der Waals surface area (Å²) in [4.78, 5) is 0. The Hall–Kier alpha value is -0.520. The summed E-state index contributed by atoms with van der Waals surface area (Å²) in [6.45, 7) is 2.14. The van der Waals surface area contributed by atoms with Gasteiger partial charge in [-0.3, -0.25) is 0 Å². The lowest BCUT2D eigenvalue weighted by Crippen LogP contribution is -1.68. The third-order valence-electron chi connectivity index (χ3n) is 1.53. The molecule has 0 heterocycles. The summed E-state index contributed by atoms with van der Waals surface area (Å²) in [5.41, 5.74) is 1.41. The fourth-order valence-electron chi connectivity index (χ4n) is 1.04. The SMILES string of the molecule is CC/C=[C]\C1=CCCC1. The summed E-state index contributed by atoms with van der Waals surface area (Å²) in [7, 11) is 0. The van der Waals surface area contributed by atoms with Gasteiger partial charge in [0.15, 0.2) is 0 Å². The summed E-state index contributed by atoms with van der Waals surface area (Å²) in [5.74, 6) is 0. The quantitative estimate of drug-likeness (QED) is 0.527. The van der Waals surface area contributed by atoms with Crippen molar-refractivity contribution in [3.8, 4) is 0 Å². The van der Waals surface area contributed by atoms with E-state index in [0.717, 1.165) is 6.42 Å². The second-order valence-electron chi connectivity index (χ2n) is 2.38. The Bertz CT molecular complexity index is 129. The fraction of sp³-hybridized carbons (Fsp3) is 0.556. The average molecular weight is 121 g/mol. The number of hydrogen-bond acceptors (Lipinski definition) is 0. The van der Waals surface area contributed by atoms with Gasteiger partial charge < -0.3 is 0 Å². The molecule has 0 nitrogen and oxygen atoms in total. The molecule has 0 aliphatic heterocycles. The lowest BCUT2D eigenvalue weighted by Gasteiger charge is -1.86. The van der Waals surface area contributed by atoms with Crippen LogP contribution in [0.2, 0.25) is 0 Å². The molecule has 0 amide bonds. The van der Waals surface area contributed by atoms with E-state index in [-0.39, 0.29) is 0 Å². The first-order chi connectivity index (χ1) is 4.43. The van der Waals surface area contributed by atoms with Crippen molar-refractivity contribution in [3.63, 3.8) is 0 Å². The van der Waals surface area contributed by atoms with Gasteiger partial charge in [0.25, 0.3) is 0 Å². The molecular formula is C9H13. The minimum atomic E-state index is 1.11. The molecule has 0 fully saturated rings. The molecule has 1 aliphatic rings.